The largest absolute Gasteiger partial charge is 0.481 e. The van der Waals surface area contributed by atoms with Gasteiger partial charge in [0.25, 0.3) is 0 Å². The van der Waals surface area contributed by atoms with E-state index in [2.05, 4.69) is 36.7 Å². The van der Waals surface area contributed by atoms with Gasteiger partial charge in [0.1, 0.15) is 0 Å². The Kier molecular flexibility index (Phi) is 6.79. The van der Waals surface area contributed by atoms with Gasteiger partial charge < -0.3 is 15.3 Å². The van der Waals surface area contributed by atoms with Crippen molar-refractivity contribution in [2.24, 2.45) is 11.8 Å². The van der Waals surface area contributed by atoms with Gasteiger partial charge in [-0.15, -0.1) is 0 Å². The Labute approximate surface area is 122 Å². The molecular formula is C16H28N2O2. The van der Waals surface area contributed by atoms with E-state index in [1.54, 1.807) is 0 Å². The first-order chi connectivity index (χ1) is 9.43. The van der Waals surface area contributed by atoms with Crippen LogP contribution >= 0.6 is 0 Å². The molecule has 1 heterocycles. The maximum Gasteiger partial charge on any atom is 0.306 e. The van der Waals surface area contributed by atoms with Gasteiger partial charge >= 0.3 is 5.97 Å². The van der Waals surface area contributed by atoms with Crippen LogP contribution in [0.4, 0.5) is 0 Å². The van der Waals surface area contributed by atoms with Crippen molar-refractivity contribution in [1.82, 2.24) is 10.2 Å². The van der Waals surface area contributed by atoms with Gasteiger partial charge in [-0.1, -0.05) is 18.2 Å². The van der Waals surface area contributed by atoms with Crippen molar-refractivity contribution in [3.05, 3.63) is 23.9 Å². The second kappa shape index (κ2) is 8.10. The summed E-state index contributed by atoms with van der Waals surface area (Å²) >= 11 is 0. The van der Waals surface area contributed by atoms with Crippen LogP contribution in [0.2, 0.25) is 0 Å². The summed E-state index contributed by atoms with van der Waals surface area (Å²) in [5.41, 5.74) is 2.36. The molecule has 1 aliphatic heterocycles. The zero-order valence-electron chi connectivity index (χ0n) is 13.0. The zero-order valence-corrected chi connectivity index (χ0v) is 13.0. The molecule has 2 N–H and O–H groups in total. The van der Waals surface area contributed by atoms with Crippen molar-refractivity contribution in [2.75, 3.05) is 26.2 Å². The van der Waals surface area contributed by atoms with Gasteiger partial charge in [0.15, 0.2) is 0 Å². The molecule has 0 aromatic heterocycles. The van der Waals surface area contributed by atoms with Crippen LogP contribution in [0.5, 0.6) is 0 Å². The molecule has 4 nitrogen and oxygen atoms in total. The quantitative estimate of drug-likeness (QED) is 0.704. The Morgan fingerprint density at radius 3 is 2.50 bits per heavy atom. The first kappa shape index (κ1) is 16.8. The lowest BCUT2D eigenvalue weighted by Gasteiger charge is -2.33. The van der Waals surface area contributed by atoms with Crippen molar-refractivity contribution >= 4 is 5.97 Å². The third-order valence-electron chi connectivity index (χ3n) is 4.17. The maximum absolute atomic E-state index is 11.0. The molecule has 114 valence electrons. The van der Waals surface area contributed by atoms with E-state index >= 15 is 0 Å². The summed E-state index contributed by atoms with van der Waals surface area (Å²) in [5.74, 6) is -0.393. The Bertz CT molecular complexity index is 369. The molecule has 1 fully saturated rings. The van der Waals surface area contributed by atoms with E-state index in [9.17, 15) is 4.79 Å². The van der Waals surface area contributed by atoms with Gasteiger partial charge in [-0.2, -0.15) is 0 Å². The molecule has 1 atom stereocenters. The van der Waals surface area contributed by atoms with Crippen LogP contribution in [0, 0.1) is 11.8 Å². The number of hydrogen-bond acceptors (Lipinski definition) is 3. The lowest BCUT2D eigenvalue weighted by atomic mass is 9.94. The molecule has 4 heteroatoms. The van der Waals surface area contributed by atoms with Gasteiger partial charge in [-0.3, -0.25) is 4.79 Å². The molecule has 20 heavy (non-hydrogen) atoms. The third kappa shape index (κ3) is 5.37. The standard InChI is InChI=1S/C16H28N2O2/c1-5-13(4)17-10-15(12(2)3)11-18-8-6-14(7-9-18)16(19)20/h5,14-15,17H,2,6-11H2,1,3-4H3,(H,19,20)/b13-5-. The predicted molar refractivity (Wildman–Crippen MR) is 82.5 cm³/mol. The molecule has 0 spiro atoms. The van der Waals surface area contributed by atoms with Crippen molar-refractivity contribution in [2.45, 2.75) is 33.6 Å². The predicted octanol–water partition coefficient (Wildman–Crippen LogP) is 2.49. The van der Waals surface area contributed by atoms with Crippen molar-refractivity contribution < 1.29 is 9.90 Å². The molecule has 0 aromatic rings. The normalized spacial score (nSPS) is 19.6. The summed E-state index contributed by atoms with van der Waals surface area (Å²) in [7, 11) is 0. The zero-order chi connectivity index (χ0) is 15.1. The fourth-order valence-corrected chi connectivity index (χ4v) is 2.46. The van der Waals surface area contributed by atoms with Crippen LogP contribution in [-0.4, -0.2) is 42.2 Å². The Hall–Kier alpha value is -1.29. The van der Waals surface area contributed by atoms with Gasteiger partial charge in [0, 0.05) is 24.7 Å². The highest BCUT2D eigenvalue weighted by Gasteiger charge is 2.25. The number of carboxylic acid groups (broad SMARTS) is 1. The van der Waals surface area contributed by atoms with E-state index in [0.29, 0.717) is 5.92 Å². The first-order valence-corrected chi connectivity index (χ1v) is 7.41. The Morgan fingerprint density at radius 2 is 2.05 bits per heavy atom. The molecule has 0 bridgehead atoms. The number of carbonyl (C=O) groups is 1. The number of likely N-dealkylation sites (tertiary alicyclic amines) is 1. The van der Waals surface area contributed by atoms with E-state index in [0.717, 1.165) is 39.0 Å². The van der Waals surface area contributed by atoms with Gasteiger partial charge in [-0.25, -0.2) is 0 Å². The SMILES string of the molecule is C=C(C)C(CN/C(C)=C\C)CN1CCC(C(=O)O)CC1. The summed E-state index contributed by atoms with van der Waals surface area (Å²) in [6.45, 7) is 13.9. The van der Waals surface area contributed by atoms with E-state index in [-0.39, 0.29) is 5.92 Å². The molecule has 0 amide bonds. The molecule has 1 unspecified atom stereocenters. The topological polar surface area (TPSA) is 52.6 Å². The highest BCUT2D eigenvalue weighted by atomic mass is 16.4. The number of aliphatic carboxylic acids is 1. The van der Waals surface area contributed by atoms with Crippen LogP contribution < -0.4 is 5.32 Å². The highest BCUT2D eigenvalue weighted by Crippen LogP contribution is 2.19. The van der Waals surface area contributed by atoms with Crippen LogP contribution in [0.25, 0.3) is 0 Å². The number of rotatable bonds is 7. The summed E-state index contributed by atoms with van der Waals surface area (Å²) in [6, 6.07) is 0. The number of nitrogens with one attached hydrogen (secondary N) is 1. The van der Waals surface area contributed by atoms with Crippen molar-refractivity contribution in [1.29, 1.82) is 0 Å². The first-order valence-electron chi connectivity index (χ1n) is 7.41. The van der Waals surface area contributed by atoms with E-state index < -0.39 is 5.97 Å². The fourth-order valence-electron chi connectivity index (χ4n) is 2.46. The lowest BCUT2D eigenvalue weighted by Crippen LogP contribution is -2.41. The Morgan fingerprint density at radius 1 is 1.45 bits per heavy atom. The molecule has 1 saturated heterocycles. The van der Waals surface area contributed by atoms with E-state index in [4.69, 9.17) is 5.11 Å². The summed E-state index contributed by atoms with van der Waals surface area (Å²) < 4.78 is 0. The second-order valence-electron chi connectivity index (χ2n) is 5.81. The molecule has 0 aromatic carbocycles. The van der Waals surface area contributed by atoms with Crippen molar-refractivity contribution in [3.8, 4) is 0 Å². The van der Waals surface area contributed by atoms with Gasteiger partial charge in [-0.05, 0) is 46.7 Å². The van der Waals surface area contributed by atoms with Crippen LogP contribution in [-0.2, 0) is 4.79 Å². The van der Waals surface area contributed by atoms with Crippen LogP contribution in [0.1, 0.15) is 33.6 Å². The molecule has 1 rings (SSSR count). The summed E-state index contributed by atoms with van der Waals surface area (Å²) in [5, 5.41) is 12.4. The minimum absolute atomic E-state index is 0.155. The average Bonchev–Trinajstić information content (AvgIpc) is 2.43. The van der Waals surface area contributed by atoms with Crippen molar-refractivity contribution in [3.63, 3.8) is 0 Å². The van der Waals surface area contributed by atoms with E-state index in [1.807, 2.05) is 6.92 Å². The minimum Gasteiger partial charge on any atom is -0.481 e. The second-order valence-corrected chi connectivity index (χ2v) is 5.81. The fraction of sp³-hybridized carbons (Fsp3) is 0.688. The van der Waals surface area contributed by atoms with Gasteiger partial charge in [0.05, 0.1) is 5.92 Å². The van der Waals surface area contributed by atoms with Gasteiger partial charge in [0.2, 0.25) is 0 Å². The smallest absolute Gasteiger partial charge is 0.306 e. The molecule has 0 saturated carbocycles. The molecule has 0 radical (unpaired) electrons. The third-order valence-corrected chi connectivity index (χ3v) is 4.17. The molecule has 0 aliphatic carbocycles. The van der Waals surface area contributed by atoms with E-state index in [1.165, 1.54) is 11.3 Å². The summed E-state index contributed by atoms with van der Waals surface area (Å²) in [6.07, 6.45) is 3.59. The number of carboxylic acids is 1. The maximum atomic E-state index is 11.0. The summed E-state index contributed by atoms with van der Waals surface area (Å²) in [4.78, 5) is 13.3. The van der Waals surface area contributed by atoms with Crippen LogP contribution in [0.3, 0.4) is 0 Å². The monoisotopic (exact) mass is 280 g/mol. The number of piperidine rings is 1. The Balaban J connectivity index is 2.43. The number of hydrogen-bond donors (Lipinski definition) is 2. The minimum atomic E-state index is -0.647. The highest BCUT2D eigenvalue weighted by molar-refractivity contribution is 5.70. The molecule has 1 aliphatic rings. The van der Waals surface area contributed by atoms with Crippen LogP contribution in [0.15, 0.2) is 23.9 Å². The number of allylic oxidation sites excluding steroid dienone is 2. The number of nitrogens with zero attached hydrogens (tertiary/aromatic N) is 1. The molecular weight excluding hydrogens is 252 g/mol. The average molecular weight is 280 g/mol. The lowest BCUT2D eigenvalue weighted by molar-refractivity contribution is -0.143.